The summed E-state index contributed by atoms with van der Waals surface area (Å²) in [5, 5.41) is 0. The van der Waals surface area contributed by atoms with E-state index in [0.717, 1.165) is 10.6 Å². The minimum absolute atomic E-state index is 0.319. The lowest BCUT2D eigenvalue weighted by Crippen LogP contribution is -2.08. The molecule has 0 amide bonds. The Kier molecular flexibility index (Phi) is 4.58. The molecule has 0 bridgehead atoms. The van der Waals surface area contributed by atoms with Crippen molar-refractivity contribution in [1.82, 2.24) is 9.97 Å². The second-order valence-electron chi connectivity index (χ2n) is 4.07. The molecule has 2 rings (SSSR count). The summed E-state index contributed by atoms with van der Waals surface area (Å²) in [6, 6.07) is 6.77. The van der Waals surface area contributed by atoms with Gasteiger partial charge in [0.15, 0.2) is 15.7 Å². The van der Waals surface area contributed by atoms with Crippen LogP contribution in [0.5, 0.6) is 0 Å². The monoisotopic (exact) mass is 310 g/mol. The summed E-state index contributed by atoms with van der Waals surface area (Å²) in [6.45, 7) is 0. The van der Waals surface area contributed by atoms with Gasteiger partial charge < -0.3 is 5.43 Å². The van der Waals surface area contributed by atoms with E-state index in [1.807, 2.05) is 0 Å². The van der Waals surface area contributed by atoms with Gasteiger partial charge in [0, 0.05) is 16.9 Å². The topological polar surface area (TPSA) is 98.0 Å². The molecule has 0 saturated carbocycles. The number of benzene rings is 1. The fourth-order valence-corrected chi connectivity index (χ4v) is 2.87. The summed E-state index contributed by atoms with van der Waals surface area (Å²) in [5.41, 5.74) is 3.23. The Morgan fingerprint density at radius 1 is 1.20 bits per heavy atom. The van der Waals surface area contributed by atoms with Crippen LogP contribution in [0, 0.1) is 0 Å². The summed E-state index contributed by atoms with van der Waals surface area (Å²) in [4.78, 5) is 9.56. The van der Waals surface area contributed by atoms with E-state index in [0.29, 0.717) is 16.5 Å². The first-order valence-corrected chi connectivity index (χ1v) is 8.57. The molecule has 20 heavy (non-hydrogen) atoms. The van der Waals surface area contributed by atoms with Gasteiger partial charge in [0.25, 0.3) is 0 Å². The molecule has 106 valence electrons. The van der Waals surface area contributed by atoms with Crippen molar-refractivity contribution in [3.63, 3.8) is 0 Å². The molecule has 3 N–H and O–H groups in total. The van der Waals surface area contributed by atoms with Gasteiger partial charge in [-0.1, -0.05) is 0 Å². The molecule has 8 heteroatoms. The Hall–Kier alpha value is -1.64. The Morgan fingerprint density at radius 2 is 1.90 bits per heavy atom. The van der Waals surface area contributed by atoms with Gasteiger partial charge in [0.05, 0.1) is 23.0 Å². The zero-order chi connectivity index (χ0) is 14.6. The Morgan fingerprint density at radius 3 is 2.40 bits per heavy atom. The number of nitrogen functional groups attached to an aromatic ring is 1. The van der Waals surface area contributed by atoms with Crippen LogP contribution in [0.2, 0.25) is 0 Å². The number of sulfone groups is 1. The minimum atomic E-state index is -3.14. The maximum absolute atomic E-state index is 11.3. The maximum atomic E-state index is 11.3. The average Bonchev–Trinajstić information content (AvgIpc) is 2.45. The third kappa shape index (κ3) is 3.92. The molecular formula is C12H14N4O2S2. The molecule has 1 aromatic heterocycles. The van der Waals surface area contributed by atoms with E-state index in [1.165, 1.54) is 6.26 Å². The number of nitrogens with two attached hydrogens (primary N) is 1. The van der Waals surface area contributed by atoms with Gasteiger partial charge in [-0.2, -0.15) is 0 Å². The standard InChI is InChI=1S/C12H14N4O2S2/c1-20(17,18)11-4-2-10(3-5-11)19-8-9-6-15-12(16-13)7-14-9/h2-7H,8,13H2,1H3,(H,15,16). The van der Waals surface area contributed by atoms with E-state index in [4.69, 9.17) is 5.84 Å². The van der Waals surface area contributed by atoms with Crippen LogP contribution in [0.4, 0.5) is 5.82 Å². The third-order valence-electron chi connectivity index (χ3n) is 2.49. The molecule has 0 radical (unpaired) electrons. The zero-order valence-corrected chi connectivity index (χ0v) is 12.4. The molecule has 1 heterocycles. The average molecular weight is 310 g/mol. The molecule has 0 unspecified atom stereocenters. The Balaban J connectivity index is 2.00. The quantitative estimate of drug-likeness (QED) is 0.490. The van der Waals surface area contributed by atoms with Crippen molar-refractivity contribution in [3.8, 4) is 0 Å². The van der Waals surface area contributed by atoms with Gasteiger partial charge in [-0.3, -0.25) is 4.98 Å². The number of nitrogens with zero attached hydrogens (tertiary/aromatic N) is 2. The van der Waals surface area contributed by atoms with Crippen molar-refractivity contribution in [2.45, 2.75) is 15.5 Å². The predicted molar refractivity (Wildman–Crippen MR) is 79.0 cm³/mol. The molecule has 1 aromatic carbocycles. The first kappa shape index (κ1) is 14.8. The van der Waals surface area contributed by atoms with Gasteiger partial charge in [-0.15, -0.1) is 11.8 Å². The summed E-state index contributed by atoms with van der Waals surface area (Å²) in [7, 11) is -3.14. The molecular weight excluding hydrogens is 296 g/mol. The summed E-state index contributed by atoms with van der Waals surface area (Å²) < 4.78 is 22.7. The van der Waals surface area contributed by atoms with E-state index in [1.54, 1.807) is 48.4 Å². The van der Waals surface area contributed by atoms with Crippen molar-refractivity contribution in [2.75, 3.05) is 11.7 Å². The molecule has 0 aliphatic carbocycles. The Bertz CT molecular complexity index is 670. The van der Waals surface area contributed by atoms with Gasteiger partial charge in [0.2, 0.25) is 0 Å². The van der Waals surface area contributed by atoms with E-state index in [2.05, 4.69) is 15.4 Å². The van der Waals surface area contributed by atoms with Crippen molar-refractivity contribution >= 4 is 27.4 Å². The van der Waals surface area contributed by atoms with Crippen LogP contribution in [0.3, 0.4) is 0 Å². The highest BCUT2D eigenvalue weighted by Crippen LogP contribution is 2.23. The molecule has 0 fully saturated rings. The highest BCUT2D eigenvalue weighted by atomic mass is 32.2. The number of hydrazine groups is 1. The van der Waals surface area contributed by atoms with Crippen LogP contribution in [-0.2, 0) is 15.6 Å². The summed E-state index contributed by atoms with van der Waals surface area (Å²) in [5.74, 6) is 6.37. The van der Waals surface area contributed by atoms with Crippen molar-refractivity contribution in [1.29, 1.82) is 0 Å². The fraction of sp³-hybridized carbons (Fsp3) is 0.167. The normalized spacial score (nSPS) is 11.3. The molecule has 2 aromatic rings. The Labute approximate surface area is 121 Å². The highest BCUT2D eigenvalue weighted by molar-refractivity contribution is 7.98. The molecule has 0 aliphatic rings. The van der Waals surface area contributed by atoms with Crippen LogP contribution < -0.4 is 11.3 Å². The summed E-state index contributed by atoms with van der Waals surface area (Å²) in [6.07, 6.45) is 4.40. The van der Waals surface area contributed by atoms with Crippen molar-refractivity contribution in [3.05, 3.63) is 42.4 Å². The minimum Gasteiger partial charge on any atom is -0.307 e. The molecule has 0 spiro atoms. The number of anilines is 1. The zero-order valence-electron chi connectivity index (χ0n) is 10.8. The van der Waals surface area contributed by atoms with Crippen molar-refractivity contribution in [2.24, 2.45) is 5.84 Å². The largest absolute Gasteiger partial charge is 0.307 e. The van der Waals surface area contributed by atoms with E-state index >= 15 is 0 Å². The predicted octanol–water partition coefficient (Wildman–Crippen LogP) is 1.46. The number of rotatable bonds is 5. The molecule has 6 nitrogen and oxygen atoms in total. The lowest BCUT2D eigenvalue weighted by Gasteiger charge is -2.04. The fourth-order valence-electron chi connectivity index (χ4n) is 1.44. The second kappa shape index (κ2) is 6.21. The van der Waals surface area contributed by atoms with Gasteiger partial charge >= 0.3 is 0 Å². The molecule has 0 aliphatic heterocycles. The smallest absolute Gasteiger partial charge is 0.175 e. The molecule has 0 atom stereocenters. The van der Waals surface area contributed by atoms with Gasteiger partial charge in [0.1, 0.15) is 0 Å². The number of thioether (sulfide) groups is 1. The van der Waals surface area contributed by atoms with Crippen LogP contribution in [0.25, 0.3) is 0 Å². The highest BCUT2D eigenvalue weighted by Gasteiger charge is 2.06. The lowest BCUT2D eigenvalue weighted by molar-refractivity contribution is 0.602. The number of nitrogens with one attached hydrogen (secondary N) is 1. The van der Waals surface area contributed by atoms with E-state index in [-0.39, 0.29) is 0 Å². The van der Waals surface area contributed by atoms with Crippen LogP contribution >= 0.6 is 11.8 Å². The lowest BCUT2D eigenvalue weighted by atomic mass is 10.4. The van der Waals surface area contributed by atoms with E-state index < -0.39 is 9.84 Å². The van der Waals surface area contributed by atoms with Gasteiger partial charge in [-0.05, 0) is 24.3 Å². The number of hydrogen-bond donors (Lipinski definition) is 2. The molecule has 0 saturated heterocycles. The first-order chi connectivity index (χ1) is 9.49. The second-order valence-corrected chi connectivity index (χ2v) is 7.13. The van der Waals surface area contributed by atoms with Crippen LogP contribution in [0.1, 0.15) is 5.69 Å². The number of aromatic nitrogens is 2. The van der Waals surface area contributed by atoms with Crippen LogP contribution in [-0.4, -0.2) is 24.6 Å². The SMILES string of the molecule is CS(=O)(=O)c1ccc(SCc2cnc(NN)cn2)cc1. The third-order valence-corrected chi connectivity index (χ3v) is 4.67. The van der Waals surface area contributed by atoms with Crippen molar-refractivity contribution < 1.29 is 8.42 Å². The number of hydrogen-bond acceptors (Lipinski definition) is 7. The van der Waals surface area contributed by atoms with Crippen LogP contribution in [0.15, 0.2) is 46.5 Å². The first-order valence-electron chi connectivity index (χ1n) is 5.69. The summed E-state index contributed by atoms with van der Waals surface area (Å²) >= 11 is 1.56. The van der Waals surface area contributed by atoms with Gasteiger partial charge in [-0.25, -0.2) is 19.2 Å². The maximum Gasteiger partial charge on any atom is 0.175 e. The van der Waals surface area contributed by atoms with E-state index in [9.17, 15) is 8.42 Å².